The monoisotopic (exact) mass is 351 g/mol. The molecule has 2 aliphatic rings. The van der Waals surface area contributed by atoms with Crippen molar-refractivity contribution in [2.45, 2.75) is 38.8 Å². The molecule has 0 saturated carbocycles. The molecular formula is C16H18BrNO3. The normalized spacial score (nSPS) is 27.9. The summed E-state index contributed by atoms with van der Waals surface area (Å²) < 4.78 is 0.827. The molecule has 1 aliphatic heterocycles. The molecular weight excluding hydrogens is 334 g/mol. The van der Waals surface area contributed by atoms with Crippen LogP contribution < -0.4 is 0 Å². The first-order valence-corrected chi connectivity index (χ1v) is 7.95. The van der Waals surface area contributed by atoms with Gasteiger partial charge in [0.25, 0.3) is 0 Å². The lowest BCUT2D eigenvalue weighted by Crippen LogP contribution is -2.51. The average Bonchev–Trinajstić information content (AvgIpc) is 2.84. The van der Waals surface area contributed by atoms with Crippen LogP contribution in [0.3, 0.4) is 0 Å². The second-order valence-electron chi connectivity index (χ2n) is 6.36. The number of likely N-dealkylation sites (tertiary alicyclic amines) is 1. The van der Waals surface area contributed by atoms with E-state index in [0.717, 1.165) is 16.5 Å². The zero-order valence-corrected chi connectivity index (χ0v) is 13.7. The third kappa shape index (κ3) is 2.14. The predicted molar refractivity (Wildman–Crippen MR) is 81.9 cm³/mol. The molecule has 1 aromatic carbocycles. The lowest BCUT2D eigenvalue weighted by atomic mass is 9.68. The SMILES string of the molecule is CC1(C)C(=O)c2cc(Br)ccc2C(N2CCCC2=O)C1O. The Hall–Kier alpha value is -1.20. The number of Topliss-reactive ketones (excluding diaryl/α,β-unsaturated/α-hetero) is 1. The van der Waals surface area contributed by atoms with E-state index in [1.807, 2.05) is 12.1 Å². The van der Waals surface area contributed by atoms with Crippen LogP contribution >= 0.6 is 15.9 Å². The summed E-state index contributed by atoms with van der Waals surface area (Å²) in [6.07, 6.45) is 0.437. The van der Waals surface area contributed by atoms with Crippen molar-refractivity contribution in [2.24, 2.45) is 5.41 Å². The fourth-order valence-corrected chi connectivity index (χ4v) is 3.69. The van der Waals surface area contributed by atoms with E-state index in [0.29, 0.717) is 18.5 Å². The van der Waals surface area contributed by atoms with Crippen LogP contribution in [-0.2, 0) is 4.79 Å². The average molecular weight is 352 g/mol. The first kappa shape index (κ1) is 14.7. The van der Waals surface area contributed by atoms with Crippen molar-refractivity contribution in [1.29, 1.82) is 0 Å². The molecule has 5 heteroatoms. The third-order valence-corrected chi connectivity index (χ3v) is 5.14. The molecule has 112 valence electrons. The van der Waals surface area contributed by atoms with Crippen LogP contribution in [0.4, 0.5) is 0 Å². The van der Waals surface area contributed by atoms with E-state index in [2.05, 4.69) is 15.9 Å². The molecule has 1 fully saturated rings. The van der Waals surface area contributed by atoms with Crippen molar-refractivity contribution in [3.05, 3.63) is 33.8 Å². The highest BCUT2D eigenvalue weighted by Crippen LogP contribution is 2.45. The molecule has 4 nitrogen and oxygen atoms in total. The second kappa shape index (κ2) is 4.92. The molecule has 2 unspecified atom stereocenters. The Balaban J connectivity index is 2.17. The summed E-state index contributed by atoms with van der Waals surface area (Å²) in [5.74, 6) is -0.0211. The number of nitrogens with zero attached hydrogens (tertiary/aromatic N) is 1. The molecule has 0 radical (unpaired) electrons. The largest absolute Gasteiger partial charge is 0.390 e. The van der Waals surface area contributed by atoms with E-state index in [4.69, 9.17) is 0 Å². The second-order valence-corrected chi connectivity index (χ2v) is 7.28. The molecule has 2 atom stereocenters. The summed E-state index contributed by atoms with van der Waals surface area (Å²) in [5.41, 5.74) is 0.455. The van der Waals surface area contributed by atoms with E-state index < -0.39 is 17.6 Å². The van der Waals surface area contributed by atoms with Crippen molar-refractivity contribution in [2.75, 3.05) is 6.54 Å². The van der Waals surface area contributed by atoms with Crippen molar-refractivity contribution in [3.63, 3.8) is 0 Å². The zero-order chi connectivity index (χ0) is 15.4. The van der Waals surface area contributed by atoms with Gasteiger partial charge in [0.2, 0.25) is 5.91 Å². The molecule has 0 aromatic heterocycles. The van der Waals surface area contributed by atoms with Crippen molar-refractivity contribution in [1.82, 2.24) is 4.90 Å². The number of ketones is 1. The van der Waals surface area contributed by atoms with Gasteiger partial charge in [0.15, 0.2) is 5.78 Å². The van der Waals surface area contributed by atoms with Gasteiger partial charge in [0.05, 0.1) is 17.6 Å². The van der Waals surface area contributed by atoms with Crippen LogP contribution in [0.5, 0.6) is 0 Å². The Kier molecular flexibility index (Phi) is 3.45. The Morgan fingerprint density at radius 1 is 1.33 bits per heavy atom. The van der Waals surface area contributed by atoms with Gasteiger partial charge in [-0.05, 0) is 38.0 Å². The summed E-state index contributed by atoms with van der Waals surface area (Å²) in [4.78, 5) is 26.5. The predicted octanol–water partition coefficient (Wildman–Crippen LogP) is 2.70. The number of aliphatic hydroxyl groups is 1. The quantitative estimate of drug-likeness (QED) is 0.846. The van der Waals surface area contributed by atoms with Gasteiger partial charge >= 0.3 is 0 Å². The molecule has 1 N–H and O–H groups in total. The Bertz CT molecular complexity index is 626. The van der Waals surface area contributed by atoms with Gasteiger partial charge < -0.3 is 10.0 Å². The maximum absolute atomic E-state index is 12.7. The topological polar surface area (TPSA) is 57.6 Å². The number of aliphatic hydroxyl groups excluding tert-OH is 1. The number of benzene rings is 1. The number of rotatable bonds is 1. The first-order chi connectivity index (χ1) is 9.84. The summed E-state index contributed by atoms with van der Waals surface area (Å²) in [7, 11) is 0. The van der Waals surface area contributed by atoms with Gasteiger partial charge in [0, 0.05) is 23.0 Å². The highest BCUT2D eigenvalue weighted by atomic mass is 79.9. The minimum absolute atomic E-state index is 0.0538. The number of amides is 1. The number of fused-ring (bicyclic) bond motifs is 1. The molecule has 3 rings (SSSR count). The zero-order valence-electron chi connectivity index (χ0n) is 12.1. The van der Waals surface area contributed by atoms with Gasteiger partial charge in [-0.25, -0.2) is 0 Å². The molecule has 1 heterocycles. The smallest absolute Gasteiger partial charge is 0.223 e. The number of carbonyl (C=O) groups excluding carboxylic acids is 2. The molecule has 0 spiro atoms. The molecule has 1 aromatic rings. The van der Waals surface area contributed by atoms with Crippen LogP contribution in [0.1, 0.15) is 48.7 Å². The first-order valence-electron chi connectivity index (χ1n) is 7.16. The lowest BCUT2D eigenvalue weighted by molar-refractivity contribution is -0.134. The summed E-state index contributed by atoms with van der Waals surface area (Å²) in [6, 6.07) is 5.05. The van der Waals surface area contributed by atoms with Gasteiger partial charge in [-0.15, -0.1) is 0 Å². The van der Waals surface area contributed by atoms with Crippen LogP contribution in [0.2, 0.25) is 0 Å². The summed E-state index contributed by atoms with van der Waals surface area (Å²) in [6.45, 7) is 4.13. The van der Waals surface area contributed by atoms with Crippen LogP contribution in [-0.4, -0.2) is 34.3 Å². The summed E-state index contributed by atoms with van der Waals surface area (Å²) in [5, 5.41) is 10.7. The van der Waals surface area contributed by atoms with E-state index in [1.165, 1.54) is 0 Å². The Labute approximate surface area is 132 Å². The van der Waals surface area contributed by atoms with Gasteiger partial charge in [-0.3, -0.25) is 9.59 Å². The molecule has 1 saturated heterocycles. The third-order valence-electron chi connectivity index (χ3n) is 4.65. The maximum Gasteiger partial charge on any atom is 0.223 e. The van der Waals surface area contributed by atoms with Crippen molar-refractivity contribution < 1.29 is 14.7 Å². The highest BCUT2D eigenvalue weighted by molar-refractivity contribution is 9.10. The fourth-order valence-electron chi connectivity index (χ4n) is 3.33. The van der Waals surface area contributed by atoms with Crippen LogP contribution in [0, 0.1) is 5.41 Å². The maximum atomic E-state index is 12.7. The molecule has 1 aliphatic carbocycles. The van der Waals surface area contributed by atoms with Crippen LogP contribution in [0.15, 0.2) is 22.7 Å². The number of carbonyl (C=O) groups is 2. The fraction of sp³-hybridized carbons (Fsp3) is 0.500. The van der Waals surface area contributed by atoms with Crippen LogP contribution in [0.25, 0.3) is 0 Å². The minimum Gasteiger partial charge on any atom is -0.390 e. The molecule has 21 heavy (non-hydrogen) atoms. The lowest BCUT2D eigenvalue weighted by Gasteiger charge is -2.44. The van der Waals surface area contributed by atoms with Gasteiger partial charge in [0.1, 0.15) is 0 Å². The number of hydrogen-bond acceptors (Lipinski definition) is 3. The van der Waals surface area contributed by atoms with E-state index >= 15 is 0 Å². The summed E-state index contributed by atoms with van der Waals surface area (Å²) >= 11 is 3.39. The molecule has 0 bridgehead atoms. The molecule has 1 amide bonds. The van der Waals surface area contributed by atoms with Crippen molar-refractivity contribution in [3.8, 4) is 0 Å². The standard InChI is InChI=1S/C16H18BrNO3/c1-16(2)14(20)11-8-9(17)5-6-10(11)13(15(16)21)18-7-3-4-12(18)19/h5-6,8,13,15,21H,3-4,7H2,1-2H3. The Morgan fingerprint density at radius 3 is 2.67 bits per heavy atom. The minimum atomic E-state index is -0.901. The van der Waals surface area contributed by atoms with Gasteiger partial charge in [-0.2, -0.15) is 0 Å². The van der Waals surface area contributed by atoms with Crippen molar-refractivity contribution >= 4 is 27.6 Å². The van der Waals surface area contributed by atoms with E-state index in [1.54, 1.807) is 24.8 Å². The van der Waals surface area contributed by atoms with E-state index in [9.17, 15) is 14.7 Å². The van der Waals surface area contributed by atoms with E-state index in [-0.39, 0.29) is 11.7 Å². The number of halogens is 1. The van der Waals surface area contributed by atoms with Gasteiger partial charge in [-0.1, -0.05) is 22.0 Å². The Morgan fingerprint density at radius 2 is 2.05 bits per heavy atom. The number of hydrogen-bond donors (Lipinski definition) is 1. The highest BCUT2D eigenvalue weighted by Gasteiger charge is 2.50.